The normalized spacial score (nSPS) is 17.8. The first-order chi connectivity index (χ1) is 6.22. The minimum Gasteiger partial charge on any atom is -0.323 e. The molecule has 0 aromatic heterocycles. The number of halogens is 2. The lowest BCUT2D eigenvalue weighted by Gasteiger charge is -2.02. The molecule has 4 heteroatoms. The van der Waals surface area contributed by atoms with Gasteiger partial charge >= 0.3 is 0 Å². The monoisotopic (exact) mass is 258 g/mol. The number of hydrazone groups is 1. The molecule has 0 unspecified atom stereocenters. The third-order valence-electron chi connectivity index (χ3n) is 2.24. The molecular weight excluding hydrogens is 251 g/mol. The molecule has 0 atom stereocenters. The molecule has 2 rings (SSSR count). The van der Waals surface area contributed by atoms with Crippen LogP contribution in [0.15, 0.2) is 21.7 Å². The molecule has 0 spiro atoms. The van der Waals surface area contributed by atoms with Crippen molar-refractivity contribution in [2.75, 3.05) is 0 Å². The summed E-state index contributed by atoms with van der Waals surface area (Å²) in [5.41, 5.74) is 3.19. The summed E-state index contributed by atoms with van der Waals surface area (Å²) in [6.45, 7) is 0. The Morgan fingerprint density at radius 1 is 1.38 bits per heavy atom. The first-order valence-corrected chi connectivity index (χ1v) is 5.14. The summed E-state index contributed by atoms with van der Waals surface area (Å²) in [7, 11) is 0. The maximum Gasteiger partial charge on any atom is 0.0679 e. The van der Waals surface area contributed by atoms with E-state index in [0.717, 1.165) is 39.2 Å². The van der Waals surface area contributed by atoms with Gasteiger partial charge < -0.3 is 5.84 Å². The molecule has 0 amide bonds. The van der Waals surface area contributed by atoms with Crippen LogP contribution in [0.5, 0.6) is 0 Å². The van der Waals surface area contributed by atoms with Crippen molar-refractivity contribution in [3.63, 3.8) is 0 Å². The SMILES string of the molecule is N/N=C1/CCc2c(Cl)cc(Br)cc21. The van der Waals surface area contributed by atoms with Crippen molar-refractivity contribution in [2.24, 2.45) is 10.9 Å². The zero-order valence-electron chi connectivity index (χ0n) is 6.85. The Morgan fingerprint density at radius 3 is 2.85 bits per heavy atom. The van der Waals surface area contributed by atoms with Crippen molar-refractivity contribution in [3.8, 4) is 0 Å². The van der Waals surface area contributed by atoms with E-state index in [1.807, 2.05) is 12.1 Å². The molecule has 1 aromatic carbocycles. The van der Waals surface area contributed by atoms with Crippen LogP contribution in [-0.4, -0.2) is 5.71 Å². The second-order valence-corrected chi connectivity index (χ2v) is 4.31. The van der Waals surface area contributed by atoms with Crippen molar-refractivity contribution in [1.82, 2.24) is 0 Å². The fourth-order valence-corrected chi connectivity index (χ4v) is 2.53. The van der Waals surface area contributed by atoms with Crippen LogP contribution in [0.4, 0.5) is 0 Å². The fraction of sp³-hybridized carbons (Fsp3) is 0.222. The quantitative estimate of drug-likeness (QED) is 0.565. The van der Waals surface area contributed by atoms with Gasteiger partial charge in [-0.3, -0.25) is 0 Å². The number of hydrogen-bond acceptors (Lipinski definition) is 2. The molecule has 0 saturated carbocycles. The highest BCUT2D eigenvalue weighted by molar-refractivity contribution is 9.10. The van der Waals surface area contributed by atoms with E-state index in [2.05, 4.69) is 21.0 Å². The van der Waals surface area contributed by atoms with Gasteiger partial charge in [0.2, 0.25) is 0 Å². The topological polar surface area (TPSA) is 38.4 Å². The van der Waals surface area contributed by atoms with E-state index in [4.69, 9.17) is 17.4 Å². The summed E-state index contributed by atoms with van der Waals surface area (Å²) >= 11 is 9.46. The van der Waals surface area contributed by atoms with Gasteiger partial charge in [0.1, 0.15) is 0 Å². The lowest BCUT2D eigenvalue weighted by Crippen LogP contribution is -1.98. The van der Waals surface area contributed by atoms with E-state index in [-0.39, 0.29) is 0 Å². The number of hydrogen-bond donors (Lipinski definition) is 1. The van der Waals surface area contributed by atoms with E-state index >= 15 is 0 Å². The van der Waals surface area contributed by atoms with Gasteiger partial charge in [-0.1, -0.05) is 27.5 Å². The standard InChI is InChI=1S/C9H8BrClN2/c10-5-3-7-6(8(11)4-5)1-2-9(7)13-12/h3-4H,1-2,12H2/b13-9-. The zero-order valence-corrected chi connectivity index (χ0v) is 9.19. The molecule has 0 saturated heterocycles. The summed E-state index contributed by atoms with van der Waals surface area (Å²) in [6, 6.07) is 3.92. The van der Waals surface area contributed by atoms with Crippen LogP contribution in [0.25, 0.3) is 0 Å². The van der Waals surface area contributed by atoms with Crippen LogP contribution >= 0.6 is 27.5 Å². The number of nitrogens with zero attached hydrogens (tertiary/aromatic N) is 1. The van der Waals surface area contributed by atoms with Crippen molar-refractivity contribution < 1.29 is 0 Å². The van der Waals surface area contributed by atoms with Gasteiger partial charge in [0.05, 0.1) is 5.71 Å². The summed E-state index contributed by atoms with van der Waals surface area (Å²) in [5, 5.41) is 4.54. The first-order valence-electron chi connectivity index (χ1n) is 3.97. The average molecular weight is 260 g/mol. The lowest BCUT2D eigenvalue weighted by molar-refractivity contribution is 1.08. The molecule has 1 aliphatic rings. The minimum absolute atomic E-state index is 0.794. The Kier molecular flexibility index (Phi) is 2.30. The molecule has 0 heterocycles. The highest BCUT2D eigenvalue weighted by Crippen LogP contribution is 2.32. The Hall–Kier alpha value is -0.540. The molecule has 0 fully saturated rings. The molecule has 2 nitrogen and oxygen atoms in total. The third kappa shape index (κ3) is 1.46. The minimum atomic E-state index is 0.794. The van der Waals surface area contributed by atoms with Gasteiger partial charge in [-0.15, -0.1) is 0 Å². The third-order valence-corrected chi connectivity index (χ3v) is 3.03. The highest BCUT2D eigenvalue weighted by Gasteiger charge is 2.20. The molecule has 13 heavy (non-hydrogen) atoms. The molecule has 0 aliphatic heterocycles. The van der Waals surface area contributed by atoms with Crippen LogP contribution in [0.1, 0.15) is 17.5 Å². The van der Waals surface area contributed by atoms with Gasteiger partial charge in [-0.25, -0.2) is 0 Å². The van der Waals surface area contributed by atoms with Crippen molar-refractivity contribution in [3.05, 3.63) is 32.8 Å². The summed E-state index contributed by atoms with van der Waals surface area (Å²) in [4.78, 5) is 0. The predicted molar refractivity (Wildman–Crippen MR) is 58.2 cm³/mol. The molecule has 68 valence electrons. The van der Waals surface area contributed by atoms with Gasteiger partial charge in [0, 0.05) is 15.1 Å². The zero-order chi connectivity index (χ0) is 9.42. The van der Waals surface area contributed by atoms with E-state index in [1.165, 1.54) is 0 Å². The summed E-state index contributed by atoms with van der Waals surface area (Å²) < 4.78 is 0.972. The fourth-order valence-electron chi connectivity index (χ4n) is 1.63. The predicted octanol–water partition coefficient (Wildman–Crippen LogP) is 2.71. The summed E-state index contributed by atoms with van der Waals surface area (Å²) in [6.07, 6.45) is 1.83. The smallest absolute Gasteiger partial charge is 0.0679 e. The van der Waals surface area contributed by atoms with Gasteiger partial charge in [0.25, 0.3) is 0 Å². The number of benzene rings is 1. The average Bonchev–Trinajstić information content (AvgIpc) is 2.47. The van der Waals surface area contributed by atoms with Crippen LogP contribution < -0.4 is 5.84 Å². The number of rotatable bonds is 0. The van der Waals surface area contributed by atoms with Crippen molar-refractivity contribution in [2.45, 2.75) is 12.8 Å². The largest absolute Gasteiger partial charge is 0.323 e. The van der Waals surface area contributed by atoms with Gasteiger partial charge in [0.15, 0.2) is 0 Å². The number of nitrogens with two attached hydrogens (primary N) is 1. The Balaban J connectivity index is 2.64. The van der Waals surface area contributed by atoms with E-state index in [0.29, 0.717) is 0 Å². The molecule has 0 radical (unpaired) electrons. The molecule has 2 N–H and O–H groups in total. The lowest BCUT2D eigenvalue weighted by atomic mass is 10.1. The van der Waals surface area contributed by atoms with Crippen LogP contribution in [-0.2, 0) is 6.42 Å². The summed E-state index contributed by atoms with van der Waals surface area (Å²) in [5.74, 6) is 5.28. The number of fused-ring (bicyclic) bond motifs is 1. The van der Waals surface area contributed by atoms with Gasteiger partial charge in [-0.2, -0.15) is 5.10 Å². The highest BCUT2D eigenvalue weighted by atomic mass is 79.9. The molecule has 1 aromatic rings. The Labute approximate surface area is 89.9 Å². The molecule has 0 bridgehead atoms. The Bertz CT molecular complexity index is 387. The molecule has 1 aliphatic carbocycles. The maximum absolute atomic E-state index is 6.07. The van der Waals surface area contributed by atoms with Crippen LogP contribution in [0.2, 0.25) is 5.02 Å². The van der Waals surface area contributed by atoms with Crippen LogP contribution in [0, 0.1) is 0 Å². The molecular formula is C9H8BrClN2. The second-order valence-electron chi connectivity index (χ2n) is 2.99. The first kappa shape index (κ1) is 9.03. The Morgan fingerprint density at radius 2 is 2.15 bits per heavy atom. The van der Waals surface area contributed by atoms with Crippen molar-refractivity contribution >= 4 is 33.2 Å². The van der Waals surface area contributed by atoms with E-state index in [1.54, 1.807) is 0 Å². The maximum atomic E-state index is 6.07. The van der Waals surface area contributed by atoms with Crippen molar-refractivity contribution in [1.29, 1.82) is 0 Å². The van der Waals surface area contributed by atoms with E-state index < -0.39 is 0 Å². The van der Waals surface area contributed by atoms with Crippen LogP contribution in [0.3, 0.4) is 0 Å². The van der Waals surface area contributed by atoms with E-state index in [9.17, 15) is 0 Å². The van der Waals surface area contributed by atoms with Gasteiger partial charge in [-0.05, 0) is 30.5 Å². The second kappa shape index (κ2) is 3.31.